The lowest BCUT2D eigenvalue weighted by atomic mass is 10.2. The van der Waals surface area contributed by atoms with Gasteiger partial charge in [0.15, 0.2) is 6.20 Å². The van der Waals surface area contributed by atoms with Crippen LogP contribution in [0, 0.1) is 0 Å². The van der Waals surface area contributed by atoms with Gasteiger partial charge in [0.1, 0.15) is 12.8 Å². The van der Waals surface area contributed by atoms with Gasteiger partial charge in [-0.15, -0.1) is 0 Å². The molecule has 0 atom stereocenters. The number of carbonyl (C=O) groups excluding carboxylic acids is 1. The number of carbonyl (C=O) groups is 1. The van der Waals surface area contributed by atoms with Crippen molar-refractivity contribution in [2.24, 2.45) is 12.1 Å². The molecule has 11 nitrogen and oxygen atoms in total. The number of pyridine rings is 1. The summed E-state index contributed by atoms with van der Waals surface area (Å²) in [5.74, 6) is 0.310. The first-order chi connectivity index (χ1) is 17.1. The van der Waals surface area contributed by atoms with Gasteiger partial charge in [0.2, 0.25) is 11.4 Å². The van der Waals surface area contributed by atoms with Crippen molar-refractivity contribution in [2.75, 3.05) is 37.8 Å². The Morgan fingerprint density at radius 2 is 1.56 bits per heavy atom. The molecule has 0 radical (unpaired) electrons. The van der Waals surface area contributed by atoms with Crippen LogP contribution in [0.15, 0.2) is 78.0 Å². The largest absolute Gasteiger partial charge is 0.707 e. The van der Waals surface area contributed by atoms with E-state index in [2.05, 4.69) is 14.8 Å². The van der Waals surface area contributed by atoms with Crippen molar-refractivity contribution in [3.05, 3.63) is 78.6 Å². The summed E-state index contributed by atoms with van der Waals surface area (Å²) in [6.07, 6.45) is 2.54. The first-order valence-electron chi connectivity index (χ1n) is 10.5. The van der Waals surface area contributed by atoms with Crippen molar-refractivity contribution < 1.29 is 36.8 Å². The SMILES string of the molecule is COC(=O)/C(=N\N(C)c1ccc(Nc2ccc(OC)cc2)cc1)c1cccc[n+]1C.CS(=O)(=O)O[O-]. The lowest BCUT2D eigenvalue weighted by molar-refractivity contribution is -0.672. The molecule has 0 aliphatic carbocycles. The van der Waals surface area contributed by atoms with Gasteiger partial charge in [0.05, 0.1) is 26.2 Å². The summed E-state index contributed by atoms with van der Waals surface area (Å²) in [6.45, 7) is 0. The van der Waals surface area contributed by atoms with Crippen LogP contribution in [0.3, 0.4) is 0 Å². The zero-order valence-corrected chi connectivity index (χ0v) is 21.4. The summed E-state index contributed by atoms with van der Waals surface area (Å²) in [7, 11) is 2.92. The van der Waals surface area contributed by atoms with Crippen LogP contribution in [0.5, 0.6) is 5.75 Å². The minimum absolute atomic E-state index is 0.225. The van der Waals surface area contributed by atoms with E-state index >= 15 is 0 Å². The van der Waals surface area contributed by atoms with Gasteiger partial charge in [-0.2, -0.15) is 9.67 Å². The van der Waals surface area contributed by atoms with Crippen molar-refractivity contribution >= 4 is 38.9 Å². The number of aromatic nitrogens is 1. The highest BCUT2D eigenvalue weighted by molar-refractivity contribution is 7.85. The van der Waals surface area contributed by atoms with Crippen molar-refractivity contribution in [2.45, 2.75) is 0 Å². The molecular formula is C24H28N4O7S. The minimum atomic E-state index is -3.72. The van der Waals surface area contributed by atoms with Crippen LogP contribution >= 0.6 is 0 Å². The van der Waals surface area contributed by atoms with E-state index in [4.69, 9.17) is 14.7 Å². The van der Waals surface area contributed by atoms with Gasteiger partial charge in [0.25, 0.3) is 10.1 Å². The third-order valence-corrected chi connectivity index (χ3v) is 4.92. The van der Waals surface area contributed by atoms with Crippen LogP contribution in [0.2, 0.25) is 0 Å². The van der Waals surface area contributed by atoms with Crippen LogP contribution in [-0.2, 0) is 31.0 Å². The predicted molar refractivity (Wildman–Crippen MR) is 133 cm³/mol. The molecule has 1 aromatic heterocycles. The smallest absolute Gasteiger partial charge is 0.365 e. The van der Waals surface area contributed by atoms with E-state index in [0.717, 1.165) is 22.8 Å². The van der Waals surface area contributed by atoms with E-state index in [0.29, 0.717) is 11.9 Å². The van der Waals surface area contributed by atoms with Gasteiger partial charge in [-0.05, 0) is 54.6 Å². The molecule has 36 heavy (non-hydrogen) atoms. The fourth-order valence-corrected chi connectivity index (χ4v) is 2.87. The summed E-state index contributed by atoms with van der Waals surface area (Å²) in [5.41, 5.74) is 3.61. The molecule has 12 heteroatoms. The van der Waals surface area contributed by atoms with Gasteiger partial charge in [-0.1, -0.05) is 0 Å². The molecule has 0 saturated heterocycles. The maximum absolute atomic E-state index is 12.3. The van der Waals surface area contributed by atoms with Crippen molar-refractivity contribution in [1.82, 2.24) is 0 Å². The maximum Gasteiger partial charge on any atom is 0.365 e. The van der Waals surface area contributed by atoms with E-state index in [-0.39, 0.29) is 5.71 Å². The number of nitrogens with one attached hydrogen (secondary N) is 1. The van der Waals surface area contributed by atoms with E-state index in [1.807, 2.05) is 84.5 Å². The fraction of sp³-hybridized carbons (Fsp3) is 0.208. The summed E-state index contributed by atoms with van der Waals surface area (Å²) in [4.78, 5) is 12.3. The third-order valence-electron chi connectivity index (χ3n) is 4.67. The number of hydrogen-bond acceptors (Lipinski definition) is 10. The molecule has 0 fully saturated rings. The highest BCUT2D eigenvalue weighted by Gasteiger charge is 2.24. The number of anilines is 3. The molecule has 1 heterocycles. The van der Waals surface area contributed by atoms with Gasteiger partial charge in [-0.3, -0.25) is 5.01 Å². The number of hydrogen-bond donors (Lipinski definition) is 1. The van der Waals surface area contributed by atoms with Crippen LogP contribution < -0.4 is 24.9 Å². The van der Waals surface area contributed by atoms with Gasteiger partial charge < -0.3 is 24.4 Å². The van der Waals surface area contributed by atoms with Crippen LogP contribution in [-0.4, -0.2) is 47.6 Å². The monoisotopic (exact) mass is 516 g/mol. The molecule has 0 aliphatic heterocycles. The van der Waals surface area contributed by atoms with E-state index in [1.165, 1.54) is 7.11 Å². The van der Waals surface area contributed by atoms with E-state index < -0.39 is 16.1 Å². The average molecular weight is 517 g/mol. The summed E-state index contributed by atoms with van der Waals surface area (Å²) in [6, 6.07) is 21.0. The van der Waals surface area contributed by atoms with E-state index in [9.17, 15) is 13.2 Å². The van der Waals surface area contributed by atoms with Gasteiger partial charge in [0, 0.05) is 30.6 Å². The lowest BCUT2D eigenvalue weighted by Gasteiger charge is -2.15. The molecule has 3 aromatic rings. The molecule has 0 saturated carbocycles. The van der Waals surface area contributed by atoms with E-state index in [1.54, 1.807) is 19.2 Å². The Bertz CT molecular complexity index is 1280. The molecule has 0 spiro atoms. The number of rotatable bonds is 8. The Kier molecular flexibility index (Phi) is 10.3. The summed E-state index contributed by atoms with van der Waals surface area (Å²) < 4.78 is 33.5. The summed E-state index contributed by atoms with van der Waals surface area (Å²) >= 11 is 0. The highest BCUT2D eigenvalue weighted by Crippen LogP contribution is 2.22. The first kappa shape index (κ1) is 28.2. The highest BCUT2D eigenvalue weighted by atomic mass is 32.2. The molecule has 3 rings (SSSR count). The standard InChI is InChI=1S/C23H25N4O3.CH4O4S/c1-26-16-6-5-7-21(26)22(23(28)30-4)25-27(2)19-12-8-17(9-13-19)24-18-10-14-20(29-3)15-11-18;1-6(3,4)5-2/h5-16,24H,1-4H3;2H,1H3/q+1;/p-1. The second kappa shape index (κ2) is 13.2. The maximum atomic E-state index is 12.3. The Hall–Kier alpha value is -4.00. The number of hydrazone groups is 1. The molecular weight excluding hydrogens is 488 g/mol. The number of benzene rings is 2. The lowest BCUT2D eigenvalue weighted by Crippen LogP contribution is -2.39. The Morgan fingerprint density at radius 3 is 2.03 bits per heavy atom. The normalized spacial score (nSPS) is 11.1. The average Bonchev–Trinajstić information content (AvgIpc) is 2.88. The molecule has 2 aromatic carbocycles. The zero-order chi connectivity index (χ0) is 26.7. The number of nitrogens with zero attached hydrogens (tertiary/aromatic N) is 3. The Morgan fingerprint density at radius 1 is 1.00 bits per heavy atom. The first-order valence-corrected chi connectivity index (χ1v) is 12.3. The van der Waals surface area contributed by atoms with Crippen LogP contribution in [0.1, 0.15) is 5.69 Å². The van der Waals surface area contributed by atoms with Crippen molar-refractivity contribution in [3.63, 3.8) is 0 Å². The predicted octanol–water partition coefficient (Wildman–Crippen LogP) is 1.51. The van der Waals surface area contributed by atoms with Gasteiger partial charge >= 0.3 is 5.97 Å². The minimum Gasteiger partial charge on any atom is -0.707 e. The quantitative estimate of drug-likeness (QED) is 0.155. The number of ether oxygens (including phenoxy) is 2. The Balaban J connectivity index is 0.000000678. The van der Waals surface area contributed by atoms with Crippen molar-refractivity contribution in [1.29, 1.82) is 0 Å². The fourth-order valence-electron chi connectivity index (χ4n) is 2.87. The second-order valence-electron chi connectivity index (χ2n) is 7.33. The molecule has 0 aliphatic rings. The zero-order valence-electron chi connectivity index (χ0n) is 20.5. The molecule has 0 bridgehead atoms. The molecule has 0 unspecified atom stereocenters. The van der Waals surface area contributed by atoms with Crippen LogP contribution in [0.4, 0.5) is 17.1 Å². The Labute approximate surface area is 210 Å². The third kappa shape index (κ3) is 8.65. The molecule has 192 valence electrons. The summed E-state index contributed by atoms with van der Waals surface area (Å²) in [5, 5.41) is 18.3. The number of methoxy groups -OCH3 is 2. The number of esters is 1. The molecule has 1 N–H and O–H groups in total. The van der Waals surface area contributed by atoms with Gasteiger partial charge in [-0.25, -0.2) is 13.2 Å². The topological polar surface area (TPSA) is 133 Å². The van der Waals surface area contributed by atoms with Crippen LogP contribution in [0.25, 0.3) is 0 Å². The van der Waals surface area contributed by atoms with Crippen molar-refractivity contribution in [3.8, 4) is 5.75 Å². The number of aryl methyl sites for hydroxylation is 1. The second-order valence-corrected chi connectivity index (χ2v) is 8.88. The molecule has 0 amide bonds.